The lowest BCUT2D eigenvalue weighted by atomic mass is 9.87. The summed E-state index contributed by atoms with van der Waals surface area (Å²) in [5.41, 5.74) is 6.31. The molecule has 0 saturated carbocycles. The zero-order valence-corrected chi connectivity index (χ0v) is 9.05. The van der Waals surface area contributed by atoms with Crippen molar-refractivity contribution in [1.82, 2.24) is 4.90 Å². The molecule has 0 aromatic carbocycles. The molecule has 0 spiro atoms. The highest BCUT2D eigenvalue weighted by atomic mass is 16.5. The van der Waals surface area contributed by atoms with Crippen LogP contribution in [-0.2, 0) is 4.74 Å². The lowest BCUT2D eigenvalue weighted by Crippen LogP contribution is -2.48. The average Bonchev–Trinajstić information content (AvgIpc) is 2.04. The second-order valence-electron chi connectivity index (χ2n) is 4.89. The first kappa shape index (κ1) is 11.0. The predicted octanol–water partition coefficient (Wildman–Crippen LogP) is 0.692. The Morgan fingerprint density at radius 3 is 2.31 bits per heavy atom. The molecule has 0 aromatic heterocycles. The number of hydrogen-bond donors (Lipinski definition) is 1. The van der Waals surface area contributed by atoms with Gasteiger partial charge >= 0.3 is 0 Å². The molecular formula is C10H22N2O. The fraction of sp³-hybridized carbons (Fsp3) is 1.00. The third kappa shape index (κ3) is 3.63. The quantitative estimate of drug-likeness (QED) is 0.689. The Hall–Kier alpha value is -0.120. The van der Waals surface area contributed by atoms with E-state index in [2.05, 4.69) is 25.7 Å². The molecule has 78 valence electrons. The van der Waals surface area contributed by atoms with Crippen LogP contribution in [0, 0.1) is 5.41 Å². The van der Waals surface area contributed by atoms with Crippen molar-refractivity contribution in [1.29, 1.82) is 0 Å². The molecule has 0 radical (unpaired) electrons. The van der Waals surface area contributed by atoms with Crippen LogP contribution >= 0.6 is 0 Å². The van der Waals surface area contributed by atoms with Crippen molar-refractivity contribution < 1.29 is 4.74 Å². The SMILES string of the molecule is CC(C)(C)[C@@H](N)CN1CCOCC1. The van der Waals surface area contributed by atoms with Gasteiger partial charge in [-0.05, 0) is 5.41 Å². The molecule has 1 heterocycles. The van der Waals surface area contributed by atoms with Crippen LogP contribution in [0.3, 0.4) is 0 Å². The summed E-state index contributed by atoms with van der Waals surface area (Å²) < 4.78 is 5.28. The molecule has 13 heavy (non-hydrogen) atoms. The van der Waals surface area contributed by atoms with Crippen molar-refractivity contribution in [3.63, 3.8) is 0 Å². The first-order chi connectivity index (χ1) is 6.00. The highest BCUT2D eigenvalue weighted by molar-refractivity contribution is 4.80. The van der Waals surface area contributed by atoms with Crippen LogP contribution in [0.2, 0.25) is 0 Å². The standard InChI is InChI=1S/C10H22N2O/c1-10(2,3)9(11)8-12-4-6-13-7-5-12/h9H,4-8,11H2,1-3H3/t9-/m0/s1. The molecule has 3 nitrogen and oxygen atoms in total. The van der Waals surface area contributed by atoms with Crippen LogP contribution in [0.4, 0.5) is 0 Å². The molecule has 1 fully saturated rings. The largest absolute Gasteiger partial charge is 0.379 e. The fourth-order valence-electron chi connectivity index (χ4n) is 1.34. The van der Waals surface area contributed by atoms with Gasteiger partial charge in [0.1, 0.15) is 0 Å². The molecule has 0 bridgehead atoms. The van der Waals surface area contributed by atoms with E-state index in [1.165, 1.54) is 0 Å². The number of rotatable bonds is 2. The normalized spacial score (nSPS) is 23.1. The van der Waals surface area contributed by atoms with Crippen molar-refractivity contribution >= 4 is 0 Å². The summed E-state index contributed by atoms with van der Waals surface area (Å²) >= 11 is 0. The highest BCUT2D eigenvalue weighted by Gasteiger charge is 2.23. The first-order valence-corrected chi connectivity index (χ1v) is 5.06. The predicted molar refractivity (Wildman–Crippen MR) is 54.7 cm³/mol. The molecule has 0 aliphatic carbocycles. The van der Waals surface area contributed by atoms with E-state index in [4.69, 9.17) is 10.5 Å². The van der Waals surface area contributed by atoms with Crippen molar-refractivity contribution in [2.75, 3.05) is 32.8 Å². The minimum Gasteiger partial charge on any atom is -0.379 e. The van der Waals surface area contributed by atoms with Gasteiger partial charge in [0.25, 0.3) is 0 Å². The molecule has 0 unspecified atom stereocenters. The van der Waals surface area contributed by atoms with Crippen molar-refractivity contribution in [3.8, 4) is 0 Å². The second kappa shape index (κ2) is 4.40. The van der Waals surface area contributed by atoms with Crippen LogP contribution < -0.4 is 5.73 Å². The maximum absolute atomic E-state index is 6.10. The molecule has 1 aliphatic rings. The molecule has 2 N–H and O–H groups in total. The van der Waals surface area contributed by atoms with Crippen molar-refractivity contribution in [2.24, 2.45) is 11.1 Å². The van der Waals surface area contributed by atoms with E-state index in [1.54, 1.807) is 0 Å². The van der Waals surface area contributed by atoms with Gasteiger partial charge in [-0.3, -0.25) is 4.90 Å². The zero-order valence-electron chi connectivity index (χ0n) is 9.05. The lowest BCUT2D eigenvalue weighted by Gasteiger charge is -2.34. The van der Waals surface area contributed by atoms with E-state index in [1.807, 2.05) is 0 Å². The van der Waals surface area contributed by atoms with Crippen LogP contribution in [0.5, 0.6) is 0 Å². The fourth-order valence-corrected chi connectivity index (χ4v) is 1.34. The van der Waals surface area contributed by atoms with Gasteiger partial charge in [-0.25, -0.2) is 0 Å². The van der Waals surface area contributed by atoms with E-state index in [0.717, 1.165) is 32.8 Å². The number of ether oxygens (including phenoxy) is 1. The van der Waals surface area contributed by atoms with Gasteiger partial charge in [0.2, 0.25) is 0 Å². The molecule has 0 amide bonds. The summed E-state index contributed by atoms with van der Waals surface area (Å²) in [6.45, 7) is 11.3. The number of hydrogen-bond acceptors (Lipinski definition) is 3. The Kier molecular flexibility index (Phi) is 3.71. The van der Waals surface area contributed by atoms with E-state index in [0.29, 0.717) is 0 Å². The van der Waals surface area contributed by atoms with Crippen LogP contribution in [0.15, 0.2) is 0 Å². The number of nitrogens with zero attached hydrogens (tertiary/aromatic N) is 1. The van der Waals surface area contributed by atoms with Gasteiger partial charge in [0.15, 0.2) is 0 Å². The second-order valence-corrected chi connectivity index (χ2v) is 4.89. The van der Waals surface area contributed by atoms with E-state index in [-0.39, 0.29) is 11.5 Å². The van der Waals surface area contributed by atoms with Crippen molar-refractivity contribution in [2.45, 2.75) is 26.8 Å². The van der Waals surface area contributed by atoms with E-state index >= 15 is 0 Å². The maximum atomic E-state index is 6.10. The van der Waals surface area contributed by atoms with Crippen LogP contribution in [0.1, 0.15) is 20.8 Å². The van der Waals surface area contributed by atoms with Gasteiger partial charge in [0, 0.05) is 25.7 Å². The smallest absolute Gasteiger partial charge is 0.0594 e. The van der Waals surface area contributed by atoms with Gasteiger partial charge < -0.3 is 10.5 Å². The molecule has 1 aliphatic heterocycles. The Labute approximate surface area is 81.2 Å². The van der Waals surface area contributed by atoms with Gasteiger partial charge in [-0.2, -0.15) is 0 Å². The van der Waals surface area contributed by atoms with Crippen LogP contribution in [-0.4, -0.2) is 43.8 Å². The summed E-state index contributed by atoms with van der Waals surface area (Å²) in [5, 5.41) is 0. The average molecular weight is 186 g/mol. The van der Waals surface area contributed by atoms with Gasteiger partial charge in [-0.1, -0.05) is 20.8 Å². The maximum Gasteiger partial charge on any atom is 0.0594 e. The third-order valence-electron chi connectivity index (χ3n) is 2.67. The van der Waals surface area contributed by atoms with Crippen molar-refractivity contribution in [3.05, 3.63) is 0 Å². The highest BCUT2D eigenvalue weighted by Crippen LogP contribution is 2.18. The Morgan fingerprint density at radius 2 is 1.85 bits per heavy atom. The first-order valence-electron chi connectivity index (χ1n) is 5.06. The third-order valence-corrected chi connectivity index (χ3v) is 2.67. The topological polar surface area (TPSA) is 38.5 Å². The van der Waals surface area contributed by atoms with E-state index < -0.39 is 0 Å². The number of morpholine rings is 1. The lowest BCUT2D eigenvalue weighted by molar-refractivity contribution is 0.0296. The Morgan fingerprint density at radius 1 is 1.31 bits per heavy atom. The minimum atomic E-state index is 0.207. The molecule has 1 rings (SSSR count). The monoisotopic (exact) mass is 186 g/mol. The Bertz CT molecular complexity index is 147. The molecule has 3 heteroatoms. The summed E-state index contributed by atoms with van der Waals surface area (Å²) in [6, 6.07) is 0.255. The summed E-state index contributed by atoms with van der Waals surface area (Å²) in [5.74, 6) is 0. The zero-order chi connectivity index (χ0) is 9.90. The van der Waals surface area contributed by atoms with E-state index in [9.17, 15) is 0 Å². The summed E-state index contributed by atoms with van der Waals surface area (Å²) in [7, 11) is 0. The summed E-state index contributed by atoms with van der Waals surface area (Å²) in [6.07, 6.45) is 0. The minimum absolute atomic E-state index is 0.207. The molecule has 1 atom stereocenters. The number of nitrogens with two attached hydrogens (primary N) is 1. The van der Waals surface area contributed by atoms with Gasteiger partial charge in [0.05, 0.1) is 13.2 Å². The molecular weight excluding hydrogens is 164 g/mol. The van der Waals surface area contributed by atoms with Crippen LogP contribution in [0.25, 0.3) is 0 Å². The van der Waals surface area contributed by atoms with Gasteiger partial charge in [-0.15, -0.1) is 0 Å². The molecule has 1 saturated heterocycles. The Balaban J connectivity index is 2.30. The summed E-state index contributed by atoms with van der Waals surface area (Å²) in [4.78, 5) is 2.39. The molecule has 0 aromatic rings.